The quantitative estimate of drug-likeness (QED) is 0.783. The van der Waals surface area contributed by atoms with Crippen LogP contribution in [0.25, 0.3) is 11.3 Å². The average molecular weight is 248 g/mol. The third-order valence-corrected chi connectivity index (χ3v) is 2.68. The summed E-state index contributed by atoms with van der Waals surface area (Å²) in [6, 6.07) is 5.92. The second kappa shape index (κ2) is 4.60. The van der Waals surface area contributed by atoms with Gasteiger partial charge < -0.3 is 4.74 Å². The molecule has 1 aromatic carbocycles. The number of ketones is 1. The van der Waals surface area contributed by atoms with Crippen molar-refractivity contribution < 1.29 is 13.9 Å². The number of Topliss-reactive ketones (excluding diaryl/α,β-unsaturated/α-hetero) is 1. The van der Waals surface area contributed by atoms with Crippen molar-refractivity contribution in [1.29, 1.82) is 0 Å². The number of rotatable bonds is 3. The fourth-order valence-corrected chi connectivity index (χ4v) is 1.77. The van der Waals surface area contributed by atoms with Gasteiger partial charge in [0.15, 0.2) is 5.78 Å². The molecular weight excluding hydrogens is 235 g/mol. The minimum atomic E-state index is -0.371. The molecule has 1 heterocycles. The Kier molecular flexibility index (Phi) is 3.14. The van der Waals surface area contributed by atoms with Crippen LogP contribution in [0.5, 0.6) is 5.75 Å². The molecule has 0 saturated carbocycles. The van der Waals surface area contributed by atoms with E-state index in [-0.39, 0.29) is 11.6 Å². The molecule has 0 bridgehead atoms. The molecule has 0 aliphatic rings. The molecule has 0 amide bonds. The maximum atomic E-state index is 13.1. The molecule has 5 heteroatoms. The van der Waals surface area contributed by atoms with E-state index in [9.17, 15) is 9.18 Å². The maximum absolute atomic E-state index is 13.1. The van der Waals surface area contributed by atoms with Gasteiger partial charge in [-0.15, -0.1) is 0 Å². The van der Waals surface area contributed by atoms with Crippen molar-refractivity contribution in [2.24, 2.45) is 7.05 Å². The predicted octanol–water partition coefficient (Wildman–Crippen LogP) is 2.44. The summed E-state index contributed by atoms with van der Waals surface area (Å²) in [6.07, 6.45) is 0. The maximum Gasteiger partial charge on any atom is 0.180 e. The molecule has 0 radical (unpaired) electrons. The molecule has 18 heavy (non-hydrogen) atoms. The molecule has 2 aromatic rings. The summed E-state index contributed by atoms with van der Waals surface area (Å²) < 4.78 is 19.8. The minimum Gasteiger partial charge on any atom is -0.496 e. The van der Waals surface area contributed by atoms with Crippen molar-refractivity contribution in [2.45, 2.75) is 6.92 Å². The van der Waals surface area contributed by atoms with Gasteiger partial charge in [-0.1, -0.05) is 0 Å². The summed E-state index contributed by atoms with van der Waals surface area (Å²) in [5.41, 5.74) is 1.78. The van der Waals surface area contributed by atoms with Crippen LogP contribution in [0.15, 0.2) is 24.3 Å². The number of hydrogen-bond donors (Lipinski definition) is 0. The van der Waals surface area contributed by atoms with Gasteiger partial charge in [-0.05, 0) is 18.2 Å². The van der Waals surface area contributed by atoms with E-state index in [2.05, 4.69) is 5.10 Å². The van der Waals surface area contributed by atoms with E-state index in [1.165, 1.54) is 26.2 Å². The summed E-state index contributed by atoms with van der Waals surface area (Å²) in [5, 5.41) is 4.10. The number of methoxy groups -OCH3 is 1. The molecule has 0 fully saturated rings. The third kappa shape index (κ3) is 2.11. The lowest BCUT2D eigenvalue weighted by Gasteiger charge is -2.08. The molecule has 0 saturated heterocycles. The first-order valence-corrected chi connectivity index (χ1v) is 5.42. The Labute approximate surface area is 104 Å². The van der Waals surface area contributed by atoms with E-state index in [1.807, 2.05) is 0 Å². The van der Waals surface area contributed by atoms with Crippen LogP contribution in [0.1, 0.15) is 17.4 Å². The summed E-state index contributed by atoms with van der Waals surface area (Å²) in [4.78, 5) is 11.3. The molecule has 0 spiro atoms. The van der Waals surface area contributed by atoms with E-state index in [0.29, 0.717) is 22.7 Å². The Morgan fingerprint density at radius 2 is 2.11 bits per heavy atom. The first-order chi connectivity index (χ1) is 8.52. The number of nitrogens with zero attached hydrogens (tertiary/aromatic N) is 2. The minimum absolute atomic E-state index is 0.113. The third-order valence-electron chi connectivity index (χ3n) is 2.68. The highest BCUT2D eigenvalue weighted by Crippen LogP contribution is 2.30. The first kappa shape index (κ1) is 12.3. The lowest BCUT2D eigenvalue weighted by Crippen LogP contribution is -1.98. The second-order valence-electron chi connectivity index (χ2n) is 3.94. The van der Waals surface area contributed by atoms with Gasteiger partial charge in [-0.2, -0.15) is 5.10 Å². The molecule has 0 unspecified atom stereocenters. The summed E-state index contributed by atoms with van der Waals surface area (Å²) >= 11 is 0. The molecule has 94 valence electrons. The number of ether oxygens (including phenoxy) is 1. The molecule has 0 N–H and O–H groups in total. The number of aromatic nitrogens is 2. The Morgan fingerprint density at radius 3 is 2.67 bits per heavy atom. The van der Waals surface area contributed by atoms with E-state index in [0.717, 1.165) is 0 Å². The van der Waals surface area contributed by atoms with Crippen molar-refractivity contribution >= 4 is 5.78 Å². The molecule has 0 aliphatic carbocycles. The van der Waals surface area contributed by atoms with E-state index in [1.54, 1.807) is 23.9 Å². The van der Waals surface area contributed by atoms with Crippen LogP contribution >= 0.6 is 0 Å². The molecule has 4 nitrogen and oxygen atoms in total. The largest absolute Gasteiger partial charge is 0.496 e. The lowest BCUT2D eigenvalue weighted by molar-refractivity contribution is 0.101. The zero-order chi connectivity index (χ0) is 13.3. The van der Waals surface area contributed by atoms with Crippen LogP contribution in [0.4, 0.5) is 4.39 Å². The van der Waals surface area contributed by atoms with Gasteiger partial charge >= 0.3 is 0 Å². The molecule has 0 aliphatic heterocycles. The van der Waals surface area contributed by atoms with Crippen molar-refractivity contribution in [3.8, 4) is 17.0 Å². The van der Waals surface area contributed by atoms with Crippen molar-refractivity contribution in [3.63, 3.8) is 0 Å². The topological polar surface area (TPSA) is 44.1 Å². The highest BCUT2D eigenvalue weighted by atomic mass is 19.1. The Balaban J connectivity index is 2.58. The van der Waals surface area contributed by atoms with Gasteiger partial charge in [0.05, 0.1) is 12.8 Å². The van der Waals surface area contributed by atoms with Gasteiger partial charge in [0.2, 0.25) is 0 Å². The zero-order valence-corrected chi connectivity index (χ0v) is 10.4. The van der Waals surface area contributed by atoms with Crippen molar-refractivity contribution in [3.05, 3.63) is 35.8 Å². The van der Waals surface area contributed by atoms with Crippen LogP contribution in [0.2, 0.25) is 0 Å². The molecule has 1 aromatic heterocycles. The summed E-state index contributed by atoms with van der Waals surface area (Å²) in [5.74, 6) is -0.0735. The molecule has 0 atom stereocenters. The van der Waals surface area contributed by atoms with Crippen LogP contribution in [0, 0.1) is 5.82 Å². The smallest absolute Gasteiger partial charge is 0.180 e. The van der Waals surface area contributed by atoms with Crippen LogP contribution in [-0.4, -0.2) is 22.7 Å². The van der Waals surface area contributed by atoms with Gasteiger partial charge in [-0.25, -0.2) is 4.39 Å². The van der Waals surface area contributed by atoms with Crippen LogP contribution in [-0.2, 0) is 7.05 Å². The number of carbonyl (C=O) groups excluding carboxylic acids is 1. The fourth-order valence-electron chi connectivity index (χ4n) is 1.77. The Bertz CT molecular complexity index is 605. The lowest BCUT2D eigenvalue weighted by atomic mass is 10.1. The van der Waals surface area contributed by atoms with E-state index in [4.69, 9.17) is 4.74 Å². The number of halogens is 1. The predicted molar refractivity (Wildman–Crippen MR) is 65.2 cm³/mol. The second-order valence-corrected chi connectivity index (χ2v) is 3.94. The van der Waals surface area contributed by atoms with Crippen LogP contribution < -0.4 is 4.74 Å². The summed E-state index contributed by atoms with van der Waals surface area (Å²) in [7, 11) is 3.20. The van der Waals surface area contributed by atoms with E-state index >= 15 is 0 Å². The SMILES string of the molecule is COc1cc(F)ccc1-c1cc(C(C)=O)nn1C. The standard InChI is InChI=1S/C13H13FN2O2/c1-8(17)11-7-12(16(2)15-11)10-5-4-9(14)6-13(10)18-3/h4-7H,1-3H3. The zero-order valence-electron chi connectivity index (χ0n) is 10.4. The normalized spacial score (nSPS) is 10.4. The Hall–Kier alpha value is -2.17. The Morgan fingerprint density at radius 1 is 1.39 bits per heavy atom. The van der Waals surface area contributed by atoms with Crippen molar-refractivity contribution in [2.75, 3.05) is 7.11 Å². The number of benzene rings is 1. The van der Waals surface area contributed by atoms with E-state index < -0.39 is 0 Å². The highest BCUT2D eigenvalue weighted by Gasteiger charge is 2.14. The fraction of sp³-hybridized carbons (Fsp3) is 0.231. The number of aryl methyl sites for hydroxylation is 1. The first-order valence-electron chi connectivity index (χ1n) is 5.42. The number of hydrogen-bond acceptors (Lipinski definition) is 3. The van der Waals surface area contributed by atoms with Crippen LogP contribution in [0.3, 0.4) is 0 Å². The van der Waals surface area contributed by atoms with Crippen molar-refractivity contribution in [1.82, 2.24) is 9.78 Å². The van der Waals surface area contributed by atoms with Gasteiger partial charge in [0.25, 0.3) is 0 Å². The molecule has 2 rings (SSSR count). The van der Waals surface area contributed by atoms with Gasteiger partial charge in [0, 0.05) is 25.6 Å². The highest BCUT2D eigenvalue weighted by molar-refractivity contribution is 5.93. The molecular formula is C13H13FN2O2. The monoisotopic (exact) mass is 248 g/mol. The summed E-state index contributed by atoms with van der Waals surface area (Å²) in [6.45, 7) is 1.45. The number of carbonyl (C=O) groups is 1. The van der Waals surface area contributed by atoms with Gasteiger partial charge in [-0.3, -0.25) is 9.48 Å². The van der Waals surface area contributed by atoms with Gasteiger partial charge in [0.1, 0.15) is 17.3 Å². The average Bonchev–Trinajstić information content (AvgIpc) is 2.71.